The number of hydrogen-bond acceptors (Lipinski definition) is 7. The molecule has 1 saturated heterocycles. The van der Waals surface area contributed by atoms with Crippen LogP contribution in [0.3, 0.4) is 0 Å². The normalized spacial score (nSPS) is 14.5. The molecule has 0 aliphatic carbocycles. The summed E-state index contributed by atoms with van der Waals surface area (Å²) in [5, 5.41) is 20.9. The van der Waals surface area contributed by atoms with Crippen molar-refractivity contribution in [3.63, 3.8) is 0 Å². The van der Waals surface area contributed by atoms with E-state index < -0.39 is 17.5 Å². The number of aldehydes is 1. The van der Waals surface area contributed by atoms with Gasteiger partial charge in [-0.15, -0.1) is 10.2 Å². The highest BCUT2D eigenvalue weighted by Crippen LogP contribution is 2.27. The Hall–Kier alpha value is -2.55. The minimum atomic E-state index is -1.03. The Morgan fingerprint density at radius 2 is 2.04 bits per heavy atom. The van der Waals surface area contributed by atoms with Crippen LogP contribution in [0.1, 0.15) is 40.0 Å². The lowest BCUT2D eigenvalue weighted by atomic mass is 10.1. The maximum Gasteiger partial charge on any atom is 0.257 e. The van der Waals surface area contributed by atoms with Crippen LogP contribution in [-0.2, 0) is 0 Å². The number of halogens is 1. The average Bonchev–Trinajstić information content (AvgIpc) is 3.06. The molecule has 2 N–H and O–H groups in total. The maximum atomic E-state index is 13.6. The van der Waals surface area contributed by atoms with Gasteiger partial charge in [-0.3, -0.25) is 14.9 Å². The maximum absolute atomic E-state index is 13.6. The third-order valence-corrected chi connectivity index (χ3v) is 4.64. The number of phenolic OH excluding ortho intramolecular Hbond substituents is 1. The highest BCUT2D eigenvalue weighted by molar-refractivity contribution is 7.19. The average molecular weight is 350 g/mol. The van der Waals surface area contributed by atoms with Crippen molar-refractivity contribution in [2.24, 2.45) is 0 Å². The minimum Gasteiger partial charge on any atom is -0.504 e. The number of amides is 1. The Labute approximate surface area is 141 Å². The molecule has 0 spiro atoms. The van der Waals surface area contributed by atoms with E-state index >= 15 is 0 Å². The lowest BCUT2D eigenvalue weighted by molar-refractivity contribution is 0.102. The van der Waals surface area contributed by atoms with Gasteiger partial charge in [-0.25, -0.2) is 4.39 Å². The van der Waals surface area contributed by atoms with Crippen molar-refractivity contribution < 1.29 is 19.1 Å². The largest absolute Gasteiger partial charge is 0.504 e. The van der Waals surface area contributed by atoms with Gasteiger partial charge in [0.25, 0.3) is 5.91 Å². The molecule has 126 valence electrons. The third-order valence-electron chi connectivity index (χ3n) is 3.74. The van der Waals surface area contributed by atoms with Crippen molar-refractivity contribution in [3.05, 3.63) is 29.1 Å². The number of benzene rings is 1. The molecule has 3 rings (SSSR count). The SMILES string of the molecule is O=Cc1cc(C(=O)Nc2nnc(N3CCCCC3)s2)cc(F)c1O. The van der Waals surface area contributed by atoms with Gasteiger partial charge in [-0.1, -0.05) is 11.3 Å². The first-order valence-corrected chi connectivity index (χ1v) is 8.27. The summed E-state index contributed by atoms with van der Waals surface area (Å²) in [4.78, 5) is 25.1. The Bertz CT molecular complexity index is 774. The van der Waals surface area contributed by atoms with Crippen molar-refractivity contribution in [3.8, 4) is 5.75 Å². The van der Waals surface area contributed by atoms with E-state index in [9.17, 15) is 19.1 Å². The number of carbonyl (C=O) groups is 2. The summed E-state index contributed by atoms with van der Waals surface area (Å²) >= 11 is 1.24. The van der Waals surface area contributed by atoms with Crippen molar-refractivity contribution in [1.82, 2.24) is 10.2 Å². The summed E-state index contributed by atoms with van der Waals surface area (Å²) in [6.45, 7) is 1.82. The number of phenols is 1. The van der Waals surface area contributed by atoms with Gasteiger partial charge in [0.05, 0.1) is 5.56 Å². The second-order valence-corrected chi connectivity index (χ2v) is 6.36. The first kappa shape index (κ1) is 16.3. The minimum absolute atomic E-state index is 0.0814. The van der Waals surface area contributed by atoms with Crippen LogP contribution in [0.4, 0.5) is 14.7 Å². The zero-order valence-corrected chi connectivity index (χ0v) is 13.5. The van der Waals surface area contributed by atoms with Crippen LogP contribution in [0.5, 0.6) is 5.75 Å². The third kappa shape index (κ3) is 3.35. The summed E-state index contributed by atoms with van der Waals surface area (Å²) in [5.41, 5.74) is -0.367. The molecular weight excluding hydrogens is 335 g/mol. The van der Waals surface area contributed by atoms with Crippen molar-refractivity contribution >= 4 is 33.8 Å². The molecule has 1 aliphatic heterocycles. The van der Waals surface area contributed by atoms with Gasteiger partial charge < -0.3 is 10.0 Å². The van der Waals surface area contributed by atoms with Gasteiger partial charge in [0.2, 0.25) is 10.3 Å². The molecule has 1 aromatic heterocycles. The summed E-state index contributed by atoms with van der Waals surface area (Å²) in [7, 11) is 0. The van der Waals surface area contributed by atoms with Gasteiger partial charge >= 0.3 is 0 Å². The zero-order chi connectivity index (χ0) is 17.1. The molecule has 0 saturated carbocycles. The fourth-order valence-electron chi connectivity index (χ4n) is 2.49. The lowest BCUT2D eigenvalue weighted by Gasteiger charge is -2.25. The number of carbonyl (C=O) groups excluding carboxylic acids is 2. The molecule has 24 heavy (non-hydrogen) atoms. The van der Waals surface area contributed by atoms with Gasteiger partial charge in [0.15, 0.2) is 17.9 Å². The first-order valence-electron chi connectivity index (χ1n) is 7.46. The summed E-state index contributed by atoms with van der Waals surface area (Å²) in [6.07, 6.45) is 3.68. The number of aromatic hydroxyl groups is 1. The Morgan fingerprint density at radius 1 is 1.29 bits per heavy atom. The number of piperidine rings is 1. The second-order valence-electron chi connectivity index (χ2n) is 5.41. The van der Waals surface area contributed by atoms with Crippen molar-refractivity contribution in [2.75, 3.05) is 23.3 Å². The monoisotopic (exact) mass is 350 g/mol. The summed E-state index contributed by atoms with van der Waals surface area (Å²) in [5.74, 6) is -2.43. The van der Waals surface area contributed by atoms with Gasteiger partial charge in [0.1, 0.15) is 0 Å². The number of hydrogen-bond donors (Lipinski definition) is 2. The second kappa shape index (κ2) is 6.91. The van der Waals surface area contributed by atoms with Crippen LogP contribution in [0.15, 0.2) is 12.1 Å². The van der Waals surface area contributed by atoms with E-state index in [0.29, 0.717) is 5.13 Å². The molecule has 1 fully saturated rings. The van der Waals surface area contributed by atoms with Gasteiger partial charge in [0, 0.05) is 18.7 Å². The molecule has 1 aromatic carbocycles. The fourth-order valence-corrected chi connectivity index (χ4v) is 3.28. The molecule has 9 heteroatoms. The zero-order valence-electron chi connectivity index (χ0n) is 12.7. The number of anilines is 2. The van der Waals surface area contributed by atoms with Gasteiger partial charge in [-0.05, 0) is 31.4 Å². The van der Waals surface area contributed by atoms with E-state index in [2.05, 4.69) is 20.4 Å². The van der Waals surface area contributed by atoms with Crippen molar-refractivity contribution in [2.45, 2.75) is 19.3 Å². The molecule has 2 heterocycles. The standard InChI is InChI=1S/C15H15FN4O3S/c16-11-7-9(6-10(8-21)12(11)22)13(23)17-14-18-19-15(24-14)20-4-2-1-3-5-20/h6-8,22H,1-5H2,(H,17,18,23). The first-order chi connectivity index (χ1) is 11.6. The number of rotatable bonds is 4. The molecule has 1 amide bonds. The molecule has 1 aliphatic rings. The molecule has 7 nitrogen and oxygen atoms in total. The number of aromatic nitrogens is 2. The smallest absolute Gasteiger partial charge is 0.257 e. The summed E-state index contributed by atoms with van der Waals surface area (Å²) < 4.78 is 13.6. The van der Waals surface area contributed by atoms with E-state index in [1.165, 1.54) is 17.8 Å². The predicted molar refractivity (Wildman–Crippen MR) is 87.4 cm³/mol. The lowest BCUT2D eigenvalue weighted by Crippen LogP contribution is -2.29. The fraction of sp³-hybridized carbons (Fsp3) is 0.333. The Balaban J connectivity index is 1.74. The molecular formula is C15H15FN4O3S. The van der Waals surface area contributed by atoms with E-state index in [-0.39, 0.29) is 17.4 Å². The highest BCUT2D eigenvalue weighted by Gasteiger charge is 2.18. The Kier molecular flexibility index (Phi) is 4.70. The van der Waals surface area contributed by atoms with E-state index in [4.69, 9.17) is 0 Å². The van der Waals surface area contributed by atoms with E-state index in [0.717, 1.165) is 43.2 Å². The predicted octanol–water partition coefficient (Wildman–Crippen LogP) is 2.44. The van der Waals surface area contributed by atoms with Crippen LogP contribution in [0.25, 0.3) is 0 Å². The van der Waals surface area contributed by atoms with E-state index in [1.807, 2.05) is 0 Å². The molecule has 0 bridgehead atoms. The topological polar surface area (TPSA) is 95.4 Å². The quantitative estimate of drug-likeness (QED) is 0.823. The molecule has 0 radical (unpaired) electrons. The van der Waals surface area contributed by atoms with E-state index in [1.54, 1.807) is 0 Å². The van der Waals surface area contributed by atoms with Gasteiger partial charge in [-0.2, -0.15) is 0 Å². The van der Waals surface area contributed by atoms with Crippen LogP contribution >= 0.6 is 11.3 Å². The van der Waals surface area contributed by atoms with Crippen LogP contribution in [-0.4, -0.2) is 40.6 Å². The van der Waals surface area contributed by atoms with Crippen molar-refractivity contribution in [1.29, 1.82) is 0 Å². The molecule has 0 unspecified atom stereocenters. The Morgan fingerprint density at radius 3 is 2.75 bits per heavy atom. The molecule has 0 atom stereocenters. The van der Waals surface area contributed by atoms with Crippen LogP contribution in [0, 0.1) is 5.82 Å². The van der Waals surface area contributed by atoms with Crippen LogP contribution < -0.4 is 10.2 Å². The summed E-state index contributed by atoms with van der Waals surface area (Å²) in [6, 6.07) is 1.98. The number of nitrogens with one attached hydrogen (secondary N) is 1. The molecule has 2 aromatic rings. The number of nitrogens with zero attached hydrogens (tertiary/aromatic N) is 3. The highest BCUT2D eigenvalue weighted by atomic mass is 32.1. The van der Waals surface area contributed by atoms with Crippen LogP contribution in [0.2, 0.25) is 0 Å².